The van der Waals surface area contributed by atoms with Crippen LogP contribution in [-0.2, 0) is 0 Å². The molecule has 0 aliphatic heterocycles. The Balaban J connectivity index is 1.93. The number of nitrogens with one attached hydrogen (secondary N) is 2. The molecule has 0 aromatic carbocycles. The highest BCUT2D eigenvalue weighted by Gasteiger charge is 2.26. The quantitative estimate of drug-likeness (QED) is 0.734. The smallest absolute Gasteiger partial charge is 0.225 e. The lowest BCUT2D eigenvalue weighted by molar-refractivity contribution is 0.171. The van der Waals surface area contributed by atoms with Gasteiger partial charge in [-0.3, -0.25) is 0 Å². The van der Waals surface area contributed by atoms with Crippen molar-refractivity contribution in [2.75, 3.05) is 36.2 Å². The molecule has 2 aromatic rings. The van der Waals surface area contributed by atoms with E-state index in [2.05, 4.69) is 37.5 Å². The molecule has 0 saturated heterocycles. The van der Waals surface area contributed by atoms with Crippen molar-refractivity contribution in [3.63, 3.8) is 0 Å². The molecule has 3 rings (SSSR count). The fraction of sp³-hybridized carbons (Fsp3) is 0.625. The number of rotatable bonds is 6. The molecule has 0 amide bonds. The van der Waals surface area contributed by atoms with Crippen LogP contribution in [0.5, 0.6) is 0 Å². The van der Waals surface area contributed by atoms with Crippen molar-refractivity contribution in [3.05, 3.63) is 6.20 Å². The number of aromatic nitrogens is 4. The van der Waals surface area contributed by atoms with Crippen molar-refractivity contribution in [2.24, 2.45) is 0 Å². The molecular formula is C16H25N7O. The van der Waals surface area contributed by atoms with Gasteiger partial charge in [-0.25, -0.2) is 15.0 Å². The van der Waals surface area contributed by atoms with E-state index in [1.165, 1.54) is 0 Å². The van der Waals surface area contributed by atoms with Crippen molar-refractivity contribution in [1.82, 2.24) is 19.9 Å². The predicted octanol–water partition coefficient (Wildman–Crippen LogP) is 1.63. The van der Waals surface area contributed by atoms with Crippen molar-refractivity contribution in [3.8, 4) is 0 Å². The molecule has 2 aromatic heterocycles. The van der Waals surface area contributed by atoms with E-state index in [4.69, 9.17) is 0 Å². The Hall–Kier alpha value is -2.22. The molecule has 1 saturated carbocycles. The molecule has 0 bridgehead atoms. The first-order chi connectivity index (χ1) is 11.6. The van der Waals surface area contributed by atoms with Crippen LogP contribution in [0.4, 0.5) is 17.7 Å². The topological polar surface area (TPSA) is 99.1 Å². The first-order valence-electron chi connectivity index (χ1n) is 8.49. The minimum atomic E-state index is -0.338. The number of hydrogen-bond acceptors (Lipinski definition) is 8. The average Bonchev–Trinajstić information content (AvgIpc) is 2.97. The van der Waals surface area contributed by atoms with Crippen molar-refractivity contribution in [2.45, 2.75) is 44.8 Å². The molecule has 24 heavy (non-hydrogen) atoms. The number of aliphatic hydroxyl groups excluding tert-OH is 1. The highest BCUT2D eigenvalue weighted by Crippen LogP contribution is 2.25. The van der Waals surface area contributed by atoms with Crippen molar-refractivity contribution >= 4 is 28.7 Å². The molecule has 1 aliphatic rings. The zero-order valence-electron chi connectivity index (χ0n) is 14.5. The highest BCUT2D eigenvalue weighted by molar-refractivity contribution is 5.86. The fourth-order valence-electron chi connectivity index (χ4n) is 2.89. The van der Waals surface area contributed by atoms with Crippen LogP contribution in [-0.4, -0.2) is 57.8 Å². The van der Waals surface area contributed by atoms with Crippen LogP contribution in [0.3, 0.4) is 0 Å². The molecule has 0 radical (unpaired) electrons. The molecule has 1 aliphatic carbocycles. The van der Waals surface area contributed by atoms with Gasteiger partial charge in [0.2, 0.25) is 11.9 Å². The first-order valence-corrected chi connectivity index (χ1v) is 8.49. The Morgan fingerprint density at radius 2 is 2.04 bits per heavy atom. The van der Waals surface area contributed by atoms with Gasteiger partial charge in [-0.15, -0.1) is 0 Å². The zero-order chi connectivity index (χ0) is 17.1. The summed E-state index contributed by atoms with van der Waals surface area (Å²) in [6, 6.07) is 0.0108. The Morgan fingerprint density at radius 3 is 2.71 bits per heavy atom. The molecular weight excluding hydrogens is 306 g/mol. The lowest BCUT2D eigenvalue weighted by Crippen LogP contribution is -2.28. The molecule has 0 spiro atoms. The molecule has 0 unspecified atom stereocenters. The minimum Gasteiger partial charge on any atom is -0.391 e. The minimum absolute atomic E-state index is 0.0108. The summed E-state index contributed by atoms with van der Waals surface area (Å²) in [5, 5.41) is 16.4. The van der Waals surface area contributed by atoms with E-state index in [1.54, 1.807) is 6.20 Å². The van der Waals surface area contributed by atoms with Crippen molar-refractivity contribution < 1.29 is 5.11 Å². The Bertz CT molecular complexity index is 706. The standard InChI is InChI=1S/C16H25N7O/c1-4-8-17-15-20-11-9-18-16(19-10-6-5-7-12(10)24)21-13(11)14(22-15)23(2)3/h9-10,12,24H,4-8H2,1-3H3,(H,17,20,22)(H,18,19,21)/t10-,12-/m0/s1. The number of anilines is 3. The molecule has 2 atom stereocenters. The van der Waals surface area contributed by atoms with Crippen LogP contribution >= 0.6 is 0 Å². The van der Waals surface area contributed by atoms with Crippen LogP contribution in [0.25, 0.3) is 11.0 Å². The van der Waals surface area contributed by atoms with Crippen molar-refractivity contribution in [1.29, 1.82) is 0 Å². The second kappa shape index (κ2) is 7.12. The normalized spacial score (nSPS) is 20.3. The van der Waals surface area contributed by atoms with Gasteiger partial charge in [0.15, 0.2) is 5.82 Å². The lowest BCUT2D eigenvalue weighted by Gasteiger charge is -2.18. The molecule has 3 N–H and O–H groups in total. The molecule has 8 nitrogen and oxygen atoms in total. The summed E-state index contributed by atoms with van der Waals surface area (Å²) in [5.74, 6) is 1.84. The van der Waals surface area contributed by atoms with Gasteiger partial charge in [0.1, 0.15) is 11.0 Å². The summed E-state index contributed by atoms with van der Waals surface area (Å²) in [6.07, 6.45) is 5.14. The summed E-state index contributed by atoms with van der Waals surface area (Å²) in [6.45, 7) is 2.91. The molecule has 130 valence electrons. The van der Waals surface area contributed by atoms with Gasteiger partial charge in [0.25, 0.3) is 0 Å². The van der Waals surface area contributed by atoms with E-state index < -0.39 is 0 Å². The fourth-order valence-corrected chi connectivity index (χ4v) is 2.89. The Kier molecular flexibility index (Phi) is 4.94. The van der Waals surface area contributed by atoms with Crippen LogP contribution in [0, 0.1) is 0 Å². The van der Waals surface area contributed by atoms with Crippen LogP contribution < -0.4 is 15.5 Å². The maximum Gasteiger partial charge on any atom is 0.225 e. The van der Waals surface area contributed by atoms with Gasteiger partial charge in [-0.2, -0.15) is 4.98 Å². The monoisotopic (exact) mass is 331 g/mol. The third-order valence-electron chi connectivity index (χ3n) is 4.17. The van der Waals surface area contributed by atoms with E-state index in [9.17, 15) is 5.11 Å². The van der Waals surface area contributed by atoms with Gasteiger partial charge in [-0.05, 0) is 25.7 Å². The third-order valence-corrected chi connectivity index (χ3v) is 4.17. The lowest BCUT2D eigenvalue weighted by atomic mass is 10.2. The van der Waals surface area contributed by atoms with E-state index in [-0.39, 0.29) is 12.1 Å². The van der Waals surface area contributed by atoms with Crippen LogP contribution in [0.1, 0.15) is 32.6 Å². The summed E-state index contributed by atoms with van der Waals surface area (Å²) in [5.41, 5.74) is 1.40. The van der Waals surface area contributed by atoms with Gasteiger partial charge in [0.05, 0.1) is 18.3 Å². The Morgan fingerprint density at radius 1 is 1.21 bits per heavy atom. The van der Waals surface area contributed by atoms with Crippen LogP contribution in [0.15, 0.2) is 6.20 Å². The maximum atomic E-state index is 9.97. The van der Waals surface area contributed by atoms with Gasteiger partial charge < -0.3 is 20.6 Å². The average molecular weight is 331 g/mol. The van der Waals surface area contributed by atoms with Gasteiger partial charge in [0, 0.05) is 20.6 Å². The Labute approximate surface area is 141 Å². The number of aliphatic hydroxyl groups is 1. The largest absolute Gasteiger partial charge is 0.391 e. The predicted molar refractivity (Wildman–Crippen MR) is 95.5 cm³/mol. The van der Waals surface area contributed by atoms with E-state index in [0.29, 0.717) is 22.9 Å². The molecule has 2 heterocycles. The molecule has 8 heteroatoms. The zero-order valence-corrected chi connectivity index (χ0v) is 14.5. The maximum absolute atomic E-state index is 9.97. The first kappa shape index (κ1) is 16.6. The number of hydrogen-bond donors (Lipinski definition) is 3. The third kappa shape index (κ3) is 3.48. The summed E-state index contributed by atoms with van der Waals surface area (Å²) in [7, 11) is 3.86. The number of fused-ring (bicyclic) bond motifs is 1. The second-order valence-corrected chi connectivity index (χ2v) is 6.37. The van der Waals surface area contributed by atoms with E-state index in [1.807, 2.05) is 19.0 Å². The summed E-state index contributed by atoms with van der Waals surface area (Å²) in [4.78, 5) is 19.9. The SMILES string of the molecule is CCCNc1nc(N(C)C)c2nc(N[C@H]3CCC[C@@H]3O)ncc2n1. The second-order valence-electron chi connectivity index (χ2n) is 6.37. The van der Waals surface area contributed by atoms with Gasteiger partial charge >= 0.3 is 0 Å². The molecule has 1 fully saturated rings. The van der Waals surface area contributed by atoms with E-state index in [0.717, 1.165) is 38.0 Å². The summed E-state index contributed by atoms with van der Waals surface area (Å²) >= 11 is 0. The highest BCUT2D eigenvalue weighted by atomic mass is 16.3. The van der Waals surface area contributed by atoms with Crippen LogP contribution in [0.2, 0.25) is 0 Å². The number of nitrogens with zero attached hydrogens (tertiary/aromatic N) is 5. The van der Waals surface area contributed by atoms with E-state index >= 15 is 0 Å². The van der Waals surface area contributed by atoms with Gasteiger partial charge in [-0.1, -0.05) is 6.92 Å². The summed E-state index contributed by atoms with van der Waals surface area (Å²) < 4.78 is 0.